The van der Waals surface area contributed by atoms with E-state index >= 15 is 0 Å². The van der Waals surface area contributed by atoms with Crippen LogP contribution in [0.5, 0.6) is 0 Å². The van der Waals surface area contributed by atoms with Gasteiger partial charge in [0.2, 0.25) is 5.91 Å². The van der Waals surface area contributed by atoms with Gasteiger partial charge in [-0.15, -0.1) is 0 Å². The quantitative estimate of drug-likeness (QED) is 0.447. The second kappa shape index (κ2) is 8.28. The molecule has 4 aromatic rings. The van der Waals surface area contributed by atoms with Gasteiger partial charge in [0.15, 0.2) is 15.5 Å². The van der Waals surface area contributed by atoms with Gasteiger partial charge in [-0.2, -0.15) is 5.10 Å². The molecular formula is C23H21N5O4S. The molecule has 2 aromatic heterocycles. The third-order valence-corrected chi connectivity index (χ3v) is 7.49. The number of anilines is 1. The van der Waals surface area contributed by atoms with Crippen LogP contribution in [0.1, 0.15) is 6.42 Å². The number of nitrogens with zero attached hydrogens (tertiary/aromatic N) is 5. The Morgan fingerprint density at radius 2 is 1.76 bits per heavy atom. The second-order valence-corrected chi connectivity index (χ2v) is 10.2. The van der Waals surface area contributed by atoms with Crippen molar-refractivity contribution in [3.8, 4) is 5.69 Å². The molecule has 168 valence electrons. The van der Waals surface area contributed by atoms with E-state index in [-0.39, 0.29) is 29.5 Å². The summed E-state index contributed by atoms with van der Waals surface area (Å²) in [6, 6.07) is 17.8. The van der Waals surface area contributed by atoms with E-state index in [0.29, 0.717) is 23.1 Å². The van der Waals surface area contributed by atoms with E-state index in [2.05, 4.69) is 10.1 Å². The number of benzene rings is 2. The second-order valence-electron chi connectivity index (χ2n) is 7.96. The van der Waals surface area contributed by atoms with Crippen LogP contribution in [0.15, 0.2) is 78.0 Å². The number of sulfone groups is 1. The topological polar surface area (TPSA) is 107 Å². The van der Waals surface area contributed by atoms with Crippen LogP contribution >= 0.6 is 0 Å². The molecule has 0 spiro atoms. The Balaban J connectivity index is 1.48. The average molecular weight is 464 g/mol. The van der Waals surface area contributed by atoms with E-state index in [9.17, 15) is 18.0 Å². The fraction of sp³-hybridized carbons (Fsp3) is 0.217. The smallest absolute Gasteiger partial charge is 0.264 e. The van der Waals surface area contributed by atoms with Gasteiger partial charge in [-0.3, -0.25) is 14.2 Å². The molecule has 1 unspecified atom stereocenters. The highest BCUT2D eigenvalue weighted by molar-refractivity contribution is 7.91. The van der Waals surface area contributed by atoms with E-state index < -0.39 is 15.9 Å². The molecule has 5 rings (SSSR count). The van der Waals surface area contributed by atoms with Crippen molar-refractivity contribution in [1.29, 1.82) is 0 Å². The van der Waals surface area contributed by atoms with Crippen molar-refractivity contribution in [3.63, 3.8) is 0 Å². The summed E-state index contributed by atoms with van der Waals surface area (Å²) < 4.78 is 26.9. The lowest BCUT2D eigenvalue weighted by Crippen LogP contribution is -2.44. The monoisotopic (exact) mass is 463 g/mol. The predicted octanol–water partition coefficient (Wildman–Crippen LogP) is 1.80. The number of hydrogen-bond donors (Lipinski definition) is 0. The highest BCUT2D eigenvalue weighted by atomic mass is 32.2. The molecule has 1 atom stereocenters. The van der Waals surface area contributed by atoms with Crippen molar-refractivity contribution in [2.75, 3.05) is 16.4 Å². The number of fused-ring (bicyclic) bond motifs is 1. The molecule has 0 bridgehead atoms. The van der Waals surface area contributed by atoms with Gasteiger partial charge in [0.05, 0.1) is 29.4 Å². The van der Waals surface area contributed by atoms with Crippen LogP contribution in [0.25, 0.3) is 16.7 Å². The zero-order valence-corrected chi connectivity index (χ0v) is 18.4. The zero-order chi connectivity index (χ0) is 23.0. The van der Waals surface area contributed by atoms with Crippen molar-refractivity contribution in [2.24, 2.45) is 0 Å². The summed E-state index contributed by atoms with van der Waals surface area (Å²) in [7, 11) is -3.20. The number of aromatic nitrogens is 4. The Morgan fingerprint density at radius 3 is 2.42 bits per heavy atom. The minimum absolute atomic E-state index is 0.0421. The molecule has 1 aliphatic heterocycles. The molecule has 10 heteroatoms. The Bertz CT molecular complexity index is 1480. The lowest BCUT2D eigenvalue weighted by atomic mass is 10.1. The molecule has 9 nitrogen and oxygen atoms in total. The molecule has 0 radical (unpaired) electrons. The van der Waals surface area contributed by atoms with Gasteiger partial charge in [-0.05, 0) is 30.7 Å². The Hall–Kier alpha value is -3.79. The van der Waals surface area contributed by atoms with Crippen LogP contribution < -0.4 is 10.5 Å². The number of rotatable bonds is 5. The summed E-state index contributed by atoms with van der Waals surface area (Å²) in [5.74, 6) is -0.425. The van der Waals surface area contributed by atoms with Gasteiger partial charge in [-0.1, -0.05) is 36.4 Å². The first-order valence-electron chi connectivity index (χ1n) is 10.5. The van der Waals surface area contributed by atoms with Crippen LogP contribution in [0.3, 0.4) is 0 Å². The third-order valence-electron chi connectivity index (χ3n) is 5.74. The molecule has 1 amide bonds. The number of hydrogen-bond acceptors (Lipinski definition) is 6. The molecule has 1 fully saturated rings. The number of carbonyl (C=O) groups excluding carboxylic acids is 1. The highest BCUT2D eigenvalue weighted by Gasteiger charge is 2.35. The molecule has 33 heavy (non-hydrogen) atoms. The molecule has 1 aliphatic rings. The molecule has 0 N–H and O–H groups in total. The van der Waals surface area contributed by atoms with Crippen molar-refractivity contribution in [3.05, 3.63) is 83.5 Å². The van der Waals surface area contributed by atoms with Gasteiger partial charge in [0.1, 0.15) is 18.3 Å². The maximum Gasteiger partial charge on any atom is 0.264 e. The van der Waals surface area contributed by atoms with Gasteiger partial charge >= 0.3 is 0 Å². The van der Waals surface area contributed by atoms with Gasteiger partial charge < -0.3 is 4.90 Å². The molecule has 1 saturated heterocycles. The first kappa shape index (κ1) is 21.1. The van der Waals surface area contributed by atoms with Crippen LogP contribution in [-0.2, 0) is 21.2 Å². The maximum absolute atomic E-state index is 13.3. The van der Waals surface area contributed by atoms with E-state index in [1.807, 2.05) is 36.4 Å². The lowest BCUT2D eigenvalue weighted by Gasteiger charge is -2.28. The van der Waals surface area contributed by atoms with Crippen LogP contribution in [-0.4, -0.2) is 51.2 Å². The van der Waals surface area contributed by atoms with Crippen LogP contribution in [0.2, 0.25) is 0 Å². The standard InChI is InChI=1S/C23H21N5O4S/c29-21(27(17-7-3-1-4-8-17)19-11-12-33(31,32)15-19)14-26-16-24-22-20(23(26)30)13-25-28(22)18-9-5-2-6-10-18/h1-10,13,16,19H,11-12,14-15H2. The molecule has 0 saturated carbocycles. The number of para-hydroxylation sites is 2. The van der Waals surface area contributed by atoms with Gasteiger partial charge in [0, 0.05) is 5.69 Å². The summed E-state index contributed by atoms with van der Waals surface area (Å²) in [4.78, 5) is 32.3. The fourth-order valence-electron chi connectivity index (χ4n) is 4.17. The summed E-state index contributed by atoms with van der Waals surface area (Å²) >= 11 is 0. The summed E-state index contributed by atoms with van der Waals surface area (Å²) in [5.41, 5.74) is 1.38. The Morgan fingerprint density at radius 1 is 1.06 bits per heavy atom. The largest absolute Gasteiger partial charge is 0.307 e. The minimum Gasteiger partial charge on any atom is -0.307 e. The van der Waals surface area contributed by atoms with Crippen molar-refractivity contribution in [2.45, 2.75) is 19.0 Å². The lowest BCUT2D eigenvalue weighted by molar-refractivity contribution is -0.119. The summed E-state index contributed by atoms with van der Waals surface area (Å²) in [6.45, 7) is -0.260. The first-order valence-corrected chi connectivity index (χ1v) is 12.3. The van der Waals surface area contributed by atoms with Gasteiger partial charge in [-0.25, -0.2) is 18.1 Å². The Kier molecular flexibility index (Phi) is 5.29. The van der Waals surface area contributed by atoms with E-state index in [1.54, 1.807) is 28.9 Å². The van der Waals surface area contributed by atoms with E-state index in [1.165, 1.54) is 22.0 Å². The normalized spacial score (nSPS) is 17.3. The highest BCUT2D eigenvalue weighted by Crippen LogP contribution is 2.25. The first-order chi connectivity index (χ1) is 15.9. The van der Waals surface area contributed by atoms with Gasteiger partial charge in [0.25, 0.3) is 5.56 Å². The van der Waals surface area contributed by atoms with Crippen molar-refractivity contribution >= 4 is 32.5 Å². The zero-order valence-electron chi connectivity index (χ0n) is 17.6. The molecule has 3 heterocycles. The van der Waals surface area contributed by atoms with Crippen molar-refractivity contribution in [1.82, 2.24) is 19.3 Å². The van der Waals surface area contributed by atoms with Crippen LogP contribution in [0.4, 0.5) is 5.69 Å². The third kappa shape index (κ3) is 4.05. The van der Waals surface area contributed by atoms with Crippen molar-refractivity contribution < 1.29 is 13.2 Å². The molecular weight excluding hydrogens is 442 g/mol. The summed E-state index contributed by atoms with van der Waals surface area (Å²) in [6.07, 6.45) is 3.13. The Labute approximate surface area is 189 Å². The maximum atomic E-state index is 13.3. The number of carbonyl (C=O) groups is 1. The minimum atomic E-state index is -3.20. The SMILES string of the molecule is O=C(Cn1cnc2c(cnn2-c2ccccc2)c1=O)N(c1ccccc1)C1CCS(=O)(=O)C1. The average Bonchev–Trinajstić information content (AvgIpc) is 3.41. The summed E-state index contributed by atoms with van der Waals surface area (Å²) in [5, 5.41) is 4.58. The van der Waals surface area contributed by atoms with E-state index in [4.69, 9.17) is 0 Å². The molecule has 2 aromatic carbocycles. The molecule has 0 aliphatic carbocycles. The number of amides is 1. The predicted molar refractivity (Wildman–Crippen MR) is 124 cm³/mol. The van der Waals surface area contributed by atoms with E-state index in [0.717, 1.165) is 5.69 Å². The van der Waals surface area contributed by atoms with Crippen LogP contribution in [0, 0.1) is 0 Å². The fourth-order valence-corrected chi connectivity index (χ4v) is 5.87.